The van der Waals surface area contributed by atoms with Crippen molar-refractivity contribution in [1.82, 2.24) is 0 Å². The summed E-state index contributed by atoms with van der Waals surface area (Å²) in [5.74, 6) is 6.22. The summed E-state index contributed by atoms with van der Waals surface area (Å²) in [4.78, 5) is 24.2. The lowest BCUT2D eigenvalue weighted by atomic mass is 9.63. The van der Waals surface area contributed by atoms with Crippen molar-refractivity contribution in [2.24, 2.45) is 10.8 Å². The van der Waals surface area contributed by atoms with Crippen LogP contribution in [0.5, 0.6) is 0 Å². The van der Waals surface area contributed by atoms with Gasteiger partial charge in [-0.3, -0.25) is 9.59 Å². The van der Waals surface area contributed by atoms with E-state index in [-0.39, 0.29) is 35.5 Å². The first-order chi connectivity index (χ1) is 28.6. The number of unbranched alkanes of at least 4 members (excludes halogenated alkanes) is 8. The molecular formula is C54H78O7. The fourth-order valence-corrected chi connectivity index (χ4v) is 9.15. The molecule has 0 amide bonds. The van der Waals surface area contributed by atoms with Gasteiger partial charge >= 0.3 is 11.9 Å². The van der Waals surface area contributed by atoms with Crippen molar-refractivity contribution in [3.05, 3.63) is 100 Å². The van der Waals surface area contributed by atoms with E-state index < -0.39 is 22.9 Å². The van der Waals surface area contributed by atoms with Crippen LogP contribution in [0.3, 0.4) is 0 Å². The van der Waals surface area contributed by atoms with E-state index in [4.69, 9.17) is 14.2 Å². The highest BCUT2D eigenvalue weighted by Gasteiger charge is 2.75. The SMILES string of the molecule is CCCCCCCCCCCC(=O)OC/C(C#C[C@@]12O[C@]1(C)C[C@@H](O)CC2(C)C)=C/C=C/C(C)=C/C=C/C=C(C)/C=C/C=C(\C)C=C=C1C(C)(C)C[C@H](OC(C)=O)C[C@@]1(C)O. The number of epoxide rings is 1. The maximum atomic E-state index is 12.7. The molecule has 336 valence electrons. The lowest BCUT2D eigenvalue weighted by molar-refractivity contribution is -0.152. The van der Waals surface area contributed by atoms with E-state index in [1.165, 1.54) is 45.4 Å². The van der Waals surface area contributed by atoms with Crippen LogP contribution in [0.1, 0.15) is 166 Å². The number of fused-ring (bicyclic) bond motifs is 1. The maximum absolute atomic E-state index is 12.7. The average Bonchev–Trinajstić information content (AvgIpc) is 3.77. The van der Waals surface area contributed by atoms with Crippen molar-refractivity contribution in [3.8, 4) is 11.8 Å². The highest BCUT2D eigenvalue weighted by atomic mass is 16.6. The van der Waals surface area contributed by atoms with Gasteiger partial charge in [0.05, 0.1) is 11.7 Å². The Morgan fingerprint density at radius 2 is 1.33 bits per heavy atom. The first-order valence-corrected chi connectivity index (χ1v) is 22.8. The van der Waals surface area contributed by atoms with Gasteiger partial charge < -0.3 is 24.4 Å². The van der Waals surface area contributed by atoms with E-state index in [1.54, 1.807) is 6.92 Å². The summed E-state index contributed by atoms with van der Waals surface area (Å²) in [6.07, 6.45) is 34.5. The number of allylic oxidation sites excluding steroid dienone is 13. The first kappa shape index (κ1) is 51.4. The van der Waals surface area contributed by atoms with Crippen LogP contribution < -0.4 is 0 Å². The lowest BCUT2D eigenvalue weighted by Gasteiger charge is -2.44. The molecule has 61 heavy (non-hydrogen) atoms. The van der Waals surface area contributed by atoms with Crippen LogP contribution >= 0.6 is 0 Å². The zero-order valence-electron chi connectivity index (χ0n) is 39.5. The Hall–Kier alpha value is -3.92. The monoisotopic (exact) mass is 839 g/mol. The van der Waals surface area contributed by atoms with Crippen molar-refractivity contribution >= 4 is 11.9 Å². The summed E-state index contributed by atoms with van der Waals surface area (Å²) in [6.45, 7) is 21.9. The zero-order chi connectivity index (χ0) is 45.3. The number of aliphatic hydroxyl groups is 2. The number of hydrogen-bond acceptors (Lipinski definition) is 7. The van der Waals surface area contributed by atoms with Gasteiger partial charge in [0.1, 0.15) is 18.3 Å². The van der Waals surface area contributed by atoms with Crippen molar-refractivity contribution in [3.63, 3.8) is 0 Å². The summed E-state index contributed by atoms with van der Waals surface area (Å²) in [5.41, 5.74) is 5.05. The summed E-state index contributed by atoms with van der Waals surface area (Å²) in [7, 11) is 0. The van der Waals surface area contributed by atoms with E-state index >= 15 is 0 Å². The van der Waals surface area contributed by atoms with Gasteiger partial charge in [-0.25, -0.2) is 0 Å². The number of esters is 2. The average molecular weight is 839 g/mol. The minimum Gasteiger partial charge on any atom is -0.462 e. The van der Waals surface area contributed by atoms with Gasteiger partial charge in [-0.15, -0.1) is 5.73 Å². The third kappa shape index (κ3) is 16.4. The predicted octanol–water partition coefficient (Wildman–Crippen LogP) is 12.2. The van der Waals surface area contributed by atoms with Crippen LogP contribution in [-0.2, 0) is 23.8 Å². The number of carbonyl (C=O) groups excluding carboxylic acids is 2. The second-order valence-electron chi connectivity index (χ2n) is 19.4. The lowest BCUT2D eigenvalue weighted by Crippen LogP contribution is -2.46. The molecule has 0 unspecified atom stereocenters. The number of rotatable bonds is 20. The van der Waals surface area contributed by atoms with Crippen molar-refractivity contribution in [2.45, 2.75) is 195 Å². The second-order valence-corrected chi connectivity index (χ2v) is 19.4. The van der Waals surface area contributed by atoms with Gasteiger partial charge in [0, 0.05) is 42.7 Å². The molecule has 0 radical (unpaired) electrons. The smallest absolute Gasteiger partial charge is 0.306 e. The third-order valence-electron chi connectivity index (χ3n) is 12.2. The molecule has 5 atom stereocenters. The van der Waals surface area contributed by atoms with Crippen LogP contribution in [0.25, 0.3) is 0 Å². The summed E-state index contributed by atoms with van der Waals surface area (Å²) in [5, 5.41) is 21.7. The molecule has 0 spiro atoms. The van der Waals surface area contributed by atoms with Crippen LogP contribution in [0.4, 0.5) is 0 Å². The molecule has 7 nitrogen and oxygen atoms in total. The Kier molecular flexibility index (Phi) is 19.8. The molecule has 0 aromatic rings. The van der Waals surface area contributed by atoms with Crippen LogP contribution in [0.15, 0.2) is 100 Å². The Balaban J connectivity index is 1.62. The Morgan fingerprint density at radius 3 is 1.90 bits per heavy atom. The molecule has 3 rings (SSSR count). The standard InChI is InChI=1S/C54H78O7/c1-12-13-14-15-16-17-18-19-20-31-49(57)59-40-45(34-35-54-51(8,9)36-46(56)37-53(54,11)61-54)30-24-29-42(3)26-22-21-25-41(2)27-23-28-43(4)32-33-48-50(6,7)38-47(60-44(5)55)39-52(48,10)58/h21-30,32,46-47,56,58H,12-20,31,36-40H2,1-11H3/b22-21+,27-23+,29-24+,41-25+,42-26+,43-28+,45-30+/t33?,46-,47-,52+,53+,54-/m0/s1. The summed E-state index contributed by atoms with van der Waals surface area (Å²) >= 11 is 0. The number of ether oxygens (including phenoxy) is 3. The molecule has 2 saturated carbocycles. The third-order valence-corrected chi connectivity index (χ3v) is 12.2. The molecular weight excluding hydrogens is 761 g/mol. The van der Waals surface area contributed by atoms with E-state index in [2.05, 4.69) is 52.2 Å². The molecule has 2 N–H and O–H groups in total. The normalized spacial score (nSPS) is 27.7. The van der Waals surface area contributed by atoms with E-state index in [0.29, 0.717) is 37.7 Å². The van der Waals surface area contributed by atoms with Crippen LogP contribution in [-0.4, -0.2) is 57.8 Å². The van der Waals surface area contributed by atoms with Crippen molar-refractivity contribution in [2.75, 3.05) is 6.61 Å². The summed E-state index contributed by atoms with van der Waals surface area (Å²) in [6, 6.07) is 0. The summed E-state index contributed by atoms with van der Waals surface area (Å²) < 4.78 is 17.5. The van der Waals surface area contributed by atoms with Crippen molar-refractivity contribution in [1.29, 1.82) is 0 Å². The minimum atomic E-state index is -1.12. The fourth-order valence-electron chi connectivity index (χ4n) is 9.15. The topological polar surface area (TPSA) is 106 Å². The van der Waals surface area contributed by atoms with E-state index in [9.17, 15) is 19.8 Å². The number of hydrogen-bond donors (Lipinski definition) is 2. The highest BCUT2D eigenvalue weighted by molar-refractivity contribution is 5.69. The van der Waals surface area contributed by atoms with Gasteiger partial charge in [-0.2, -0.15) is 0 Å². The molecule has 3 fully saturated rings. The largest absolute Gasteiger partial charge is 0.462 e. The van der Waals surface area contributed by atoms with Gasteiger partial charge in [0.2, 0.25) is 0 Å². The quantitative estimate of drug-likeness (QED) is 0.0314. The predicted molar refractivity (Wildman–Crippen MR) is 249 cm³/mol. The van der Waals surface area contributed by atoms with Gasteiger partial charge in [-0.1, -0.05) is 164 Å². The number of aliphatic hydroxyl groups excluding tert-OH is 1. The molecule has 1 aliphatic heterocycles. The van der Waals surface area contributed by atoms with Crippen LogP contribution in [0.2, 0.25) is 0 Å². The molecule has 1 heterocycles. The molecule has 2 aliphatic carbocycles. The number of carbonyl (C=O) groups is 2. The molecule has 3 aliphatic rings. The molecule has 0 aromatic carbocycles. The Bertz CT molecular complexity index is 1840. The highest BCUT2D eigenvalue weighted by Crippen LogP contribution is 2.65. The van der Waals surface area contributed by atoms with Gasteiger partial charge in [0.25, 0.3) is 0 Å². The minimum absolute atomic E-state index is 0.103. The molecule has 0 aromatic heterocycles. The molecule has 7 heteroatoms. The molecule has 1 saturated heterocycles. The molecule has 0 bridgehead atoms. The van der Waals surface area contributed by atoms with Gasteiger partial charge in [0.15, 0.2) is 5.60 Å². The van der Waals surface area contributed by atoms with E-state index in [0.717, 1.165) is 41.6 Å². The zero-order valence-corrected chi connectivity index (χ0v) is 39.5. The first-order valence-electron chi connectivity index (χ1n) is 22.8. The van der Waals surface area contributed by atoms with Crippen LogP contribution in [0, 0.1) is 22.7 Å². The second kappa shape index (κ2) is 23.5. The van der Waals surface area contributed by atoms with Gasteiger partial charge in [-0.05, 0) is 77.0 Å². The fraction of sp³-hybridized carbons (Fsp3) is 0.611. The van der Waals surface area contributed by atoms with E-state index in [1.807, 2.05) is 94.5 Å². The Morgan fingerprint density at radius 1 is 0.754 bits per heavy atom. The maximum Gasteiger partial charge on any atom is 0.306 e. The van der Waals surface area contributed by atoms with Crippen molar-refractivity contribution < 1.29 is 34.0 Å². The Labute approximate surface area is 369 Å².